The van der Waals surface area contributed by atoms with E-state index in [2.05, 4.69) is 15.1 Å². The van der Waals surface area contributed by atoms with Crippen molar-refractivity contribution < 1.29 is 5.11 Å². The van der Waals surface area contributed by atoms with Crippen LogP contribution in [0.5, 0.6) is 0 Å². The van der Waals surface area contributed by atoms with E-state index < -0.39 is 0 Å². The van der Waals surface area contributed by atoms with Crippen LogP contribution < -0.4 is 0 Å². The fourth-order valence-electron chi connectivity index (χ4n) is 1.88. The molecule has 0 saturated heterocycles. The SMILES string of the molecule is OCCSc1ncnc2c1cnn2-c1cccc(Cl)c1. The van der Waals surface area contributed by atoms with Gasteiger partial charge in [0.05, 0.1) is 23.9 Å². The smallest absolute Gasteiger partial charge is 0.167 e. The molecule has 1 aromatic carbocycles. The van der Waals surface area contributed by atoms with Crippen LogP contribution in [0.15, 0.2) is 41.8 Å². The zero-order valence-corrected chi connectivity index (χ0v) is 12.0. The third-order valence-electron chi connectivity index (χ3n) is 2.71. The Hall–Kier alpha value is -1.63. The number of halogens is 1. The van der Waals surface area contributed by atoms with Crippen molar-refractivity contribution in [1.29, 1.82) is 0 Å². The summed E-state index contributed by atoms with van der Waals surface area (Å²) >= 11 is 7.49. The van der Waals surface area contributed by atoms with Crippen LogP contribution in [0.2, 0.25) is 5.02 Å². The van der Waals surface area contributed by atoms with E-state index in [1.54, 1.807) is 10.9 Å². The molecule has 0 saturated carbocycles. The van der Waals surface area contributed by atoms with Crippen molar-refractivity contribution in [3.8, 4) is 5.69 Å². The van der Waals surface area contributed by atoms with Crippen LogP contribution in [-0.4, -0.2) is 37.2 Å². The molecule has 0 radical (unpaired) electrons. The summed E-state index contributed by atoms with van der Waals surface area (Å²) in [4.78, 5) is 8.52. The van der Waals surface area contributed by atoms with E-state index in [0.717, 1.165) is 21.7 Å². The minimum absolute atomic E-state index is 0.110. The molecule has 3 aromatic rings. The molecule has 2 aromatic heterocycles. The van der Waals surface area contributed by atoms with Crippen LogP contribution in [0.1, 0.15) is 0 Å². The predicted octanol–water partition coefficient (Wildman–Crippen LogP) is 2.55. The normalized spacial score (nSPS) is 11.1. The Bertz CT molecular complexity index is 746. The molecular formula is C13H11ClN4OS. The van der Waals surface area contributed by atoms with E-state index in [1.165, 1.54) is 18.1 Å². The maximum Gasteiger partial charge on any atom is 0.167 e. The largest absolute Gasteiger partial charge is 0.396 e. The predicted molar refractivity (Wildman–Crippen MR) is 79.5 cm³/mol. The Labute approximate surface area is 124 Å². The van der Waals surface area contributed by atoms with Crippen LogP contribution in [0.4, 0.5) is 0 Å². The zero-order chi connectivity index (χ0) is 13.9. The highest BCUT2D eigenvalue weighted by Gasteiger charge is 2.11. The van der Waals surface area contributed by atoms with Gasteiger partial charge in [-0.3, -0.25) is 0 Å². The quantitative estimate of drug-likeness (QED) is 0.593. The highest BCUT2D eigenvalue weighted by Crippen LogP contribution is 2.26. The van der Waals surface area contributed by atoms with Crippen LogP contribution in [0.25, 0.3) is 16.7 Å². The fraction of sp³-hybridized carbons (Fsp3) is 0.154. The van der Waals surface area contributed by atoms with Crippen molar-refractivity contribution in [3.63, 3.8) is 0 Å². The lowest BCUT2D eigenvalue weighted by atomic mass is 10.3. The van der Waals surface area contributed by atoms with Gasteiger partial charge in [-0.05, 0) is 18.2 Å². The van der Waals surface area contributed by atoms with E-state index >= 15 is 0 Å². The summed E-state index contributed by atoms with van der Waals surface area (Å²) in [6.07, 6.45) is 3.24. The lowest BCUT2D eigenvalue weighted by molar-refractivity contribution is 0.322. The molecule has 0 atom stereocenters. The Morgan fingerprint density at radius 1 is 1.30 bits per heavy atom. The first-order valence-electron chi connectivity index (χ1n) is 5.98. The van der Waals surface area contributed by atoms with Gasteiger partial charge in [-0.25, -0.2) is 14.6 Å². The number of benzene rings is 1. The number of hydrogen-bond acceptors (Lipinski definition) is 5. The number of thioether (sulfide) groups is 1. The van der Waals surface area contributed by atoms with Gasteiger partial charge in [0.2, 0.25) is 0 Å². The third-order valence-corrected chi connectivity index (χ3v) is 3.93. The van der Waals surface area contributed by atoms with Gasteiger partial charge >= 0.3 is 0 Å². The van der Waals surface area contributed by atoms with Crippen molar-refractivity contribution in [2.45, 2.75) is 5.03 Å². The molecule has 102 valence electrons. The Morgan fingerprint density at radius 3 is 3.00 bits per heavy atom. The Balaban J connectivity index is 2.10. The lowest BCUT2D eigenvalue weighted by Crippen LogP contribution is -1.98. The van der Waals surface area contributed by atoms with Gasteiger partial charge in [0.25, 0.3) is 0 Å². The number of rotatable bonds is 4. The molecule has 2 heterocycles. The number of aromatic nitrogens is 4. The lowest BCUT2D eigenvalue weighted by Gasteiger charge is -2.04. The van der Waals surface area contributed by atoms with Gasteiger partial charge in [-0.1, -0.05) is 17.7 Å². The van der Waals surface area contributed by atoms with E-state index in [9.17, 15) is 0 Å². The van der Waals surface area contributed by atoms with Gasteiger partial charge in [-0.15, -0.1) is 11.8 Å². The Morgan fingerprint density at radius 2 is 2.20 bits per heavy atom. The molecule has 0 aliphatic rings. The minimum Gasteiger partial charge on any atom is -0.396 e. The molecule has 1 N–H and O–H groups in total. The molecular weight excluding hydrogens is 296 g/mol. The molecule has 0 unspecified atom stereocenters. The molecule has 0 amide bonds. The number of fused-ring (bicyclic) bond motifs is 1. The first-order chi connectivity index (χ1) is 9.79. The standard InChI is InChI=1S/C13H11ClN4OS/c14-9-2-1-3-10(6-9)18-12-11(7-17-18)13(16-8-15-12)20-5-4-19/h1-3,6-8,19H,4-5H2. The summed E-state index contributed by atoms with van der Waals surface area (Å²) in [5.41, 5.74) is 1.58. The van der Waals surface area contributed by atoms with Gasteiger partial charge in [0.15, 0.2) is 5.65 Å². The minimum atomic E-state index is 0.110. The summed E-state index contributed by atoms with van der Waals surface area (Å²) in [5, 5.41) is 15.6. The van der Waals surface area contributed by atoms with Crippen LogP contribution in [0, 0.1) is 0 Å². The highest BCUT2D eigenvalue weighted by molar-refractivity contribution is 7.99. The average Bonchev–Trinajstić information content (AvgIpc) is 2.89. The summed E-state index contributed by atoms with van der Waals surface area (Å²) < 4.78 is 1.73. The molecule has 5 nitrogen and oxygen atoms in total. The molecule has 0 aliphatic heterocycles. The van der Waals surface area contributed by atoms with Gasteiger partial charge in [0.1, 0.15) is 11.4 Å². The second-order valence-electron chi connectivity index (χ2n) is 4.02. The molecule has 20 heavy (non-hydrogen) atoms. The van der Waals surface area contributed by atoms with Gasteiger partial charge in [-0.2, -0.15) is 5.10 Å². The maximum atomic E-state index is 8.91. The molecule has 0 fully saturated rings. The fourth-order valence-corrected chi connectivity index (χ4v) is 2.77. The number of nitrogens with zero attached hydrogens (tertiary/aromatic N) is 4. The summed E-state index contributed by atoms with van der Waals surface area (Å²) in [6.45, 7) is 0.110. The van der Waals surface area contributed by atoms with E-state index in [0.29, 0.717) is 10.8 Å². The van der Waals surface area contributed by atoms with Crippen LogP contribution >= 0.6 is 23.4 Å². The molecule has 3 rings (SSSR count). The van der Waals surface area contributed by atoms with Crippen molar-refractivity contribution in [3.05, 3.63) is 41.8 Å². The number of hydrogen-bond donors (Lipinski definition) is 1. The topological polar surface area (TPSA) is 63.8 Å². The van der Waals surface area contributed by atoms with Gasteiger partial charge in [0, 0.05) is 10.8 Å². The average molecular weight is 307 g/mol. The second-order valence-corrected chi connectivity index (χ2v) is 5.54. The summed E-state index contributed by atoms with van der Waals surface area (Å²) in [5.74, 6) is 0.592. The first kappa shape index (κ1) is 13.4. The zero-order valence-electron chi connectivity index (χ0n) is 10.4. The monoisotopic (exact) mass is 306 g/mol. The summed E-state index contributed by atoms with van der Waals surface area (Å²) in [6, 6.07) is 7.43. The molecule has 0 aliphatic carbocycles. The van der Waals surface area contributed by atoms with Crippen molar-refractivity contribution in [1.82, 2.24) is 19.7 Å². The van der Waals surface area contributed by atoms with Gasteiger partial charge < -0.3 is 5.11 Å². The Kier molecular flexibility index (Phi) is 3.86. The van der Waals surface area contributed by atoms with E-state index in [-0.39, 0.29) is 6.61 Å². The third kappa shape index (κ3) is 2.49. The highest BCUT2D eigenvalue weighted by atomic mass is 35.5. The van der Waals surface area contributed by atoms with Crippen molar-refractivity contribution >= 4 is 34.4 Å². The summed E-state index contributed by atoms with van der Waals surface area (Å²) in [7, 11) is 0. The van der Waals surface area contributed by atoms with Crippen molar-refractivity contribution in [2.75, 3.05) is 12.4 Å². The van der Waals surface area contributed by atoms with E-state index in [1.807, 2.05) is 24.3 Å². The molecule has 0 bridgehead atoms. The maximum absolute atomic E-state index is 8.91. The van der Waals surface area contributed by atoms with E-state index in [4.69, 9.17) is 16.7 Å². The van der Waals surface area contributed by atoms with Crippen molar-refractivity contribution in [2.24, 2.45) is 0 Å². The molecule has 0 spiro atoms. The first-order valence-corrected chi connectivity index (χ1v) is 7.34. The number of aliphatic hydroxyl groups is 1. The van der Waals surface area contributed by atoms with Crippen LogP contribution in [-0.2, 0) is 0 Å². The van der Waals surface area contributed by atoms with Crippen LogP contribution in [0.3, 0.4) is 0 Å². The molecule has 7 heteroatoms. The number of aliphatic hydroxyl groups excluding tert-OH is 1. The second kappa shape index (κ2) is 5.78.